The highest BCUT2D eigenvalue weighted by Crippen LogP contribution is 2.34. The van der Waals surface area contributed by atoms with Crippen molar-refractivity contribution in [3.63, 3.8) is 0 Å². The van der Waals surface area contributed by atoms with Crippen LogP contribution in [0.4, 0.5) is 5.69 Å². The Kier molecular flexibility index (Phi) is 3.72. The van der Waals surface area contributed by atoms with E-state index in [2.05, 4.69) is 10.1 Å². The van der Waals surface area contributed by atoms with Crippen molar-refractivity contribution in [1.29, 1.82) is 0 Å². The number of carbonyl (C=O) groups excluding carboxylic acids is 1. The number of hydrogen-bond donors (Lipinski definition) is 0. The normalized spacial score (nSPS) is 16.5. The lowest BCUT2D eigenvalue weighted by Gasteiger charge is -2.31. The molecule has 4 rings (SSSR count). The number of amides is 1. The molecule has 25 heavy (non-hydrogen) atoms. The molecule has 6 heteroatoms. The second-order valence-electron chi connectivity index (χ2n) is 5.98. The summed E-state index contributed by atoms with van der Waals surface area (Å²) < 4.78 is 11.0. The number of para-hydroxylation sites is 2. The fourth-order valence-electron chi connectivity index (χ4n) is 2.91. The number of hydrogen-bond acceptors (Lipinski definition) is 5. The summed E-state index contributed by atoms with van der Waals surface area (Å²) in [5.74, 6) is 1.45. The number of nitrogens with zero attached hydrogens (tertiary/aromatic N) is 3. The van der Waals surface area contributed by atoms with Crippen LogP contribution < -0.4 is 9.64 Å². The van der Waals surface area contributed by atoms with E-state index >= 15 is 0 Å². The van der Waals surface area contributed by atoms with Gasteiger partial charge in [0.15, 0.2) is 6.10 Å². The van der Waals surface area contributed by atoms with E-state index in [0.717, 1.165) is 11.1 Å². The number of ether oxygens (including phenoxy) is 1. The van der Waals surface area contributed by atoms with Crippen LogP contribution in [0, 0.1) is 6.92 Å². The molecular weight excluding hydrogens is 318 g/mol. The molecule has 0 saturated carbocycles. The van der Waals surface area contributed by atoms with Crippen LogP contribution in [0.1, 0.15) is 18.4 Å². The quantitative estimate of drug-likeness (QED) is 0.734. The summed E-state index contributed by atoms with van der Waals surface area (Å²) in [4.78, 5) is 18.6. The van der Waals surface area contributed by atoms with E-state index in [-0.39, 0.29) is 12.5 Å². The van der Waals surface area contributed by atoms with Crippen molar-refractivity contribution in [1.82, 2.24) is 10.1 Å². The first kappa shape index (κ1) is 15.4. The van der Waals surface area contributed by atoms with Crippen molar-refractivity contribution in [2.45, 2.75) is 26.5 Å². The van der Waals surface area contributed by atoms with Crippen LogP contribution in [-0.4, -0.2) is 22.2 Å². The van der Waals surface area contributed by atoms with E-state index in [0.29, 0.717) is 23.2 Å². The molecule has 1 amide bonds. The van der Waals surface area contributed by atoms with Crippen molar-refractivity contribution in [2.75, 3.05) is 4.90 Å². The zero-order valence-corrected chi connectivity index (χ0v) is 14.0. The topological polar surface area (TPSA) is 68.5 Å². The molecule has 2 aromatic carbocycles. The first-order chi connectivity index (χ1) is 12.1. The summed E-state index contributed by atoms with van der Waals surface area (Å²) in [6.45, 7) is 3.94. The highest BCUT2D eigenvalue weighted by Gasteiger charge is 2.32. The van der Waals surface area contributed by atoms with Crippen molar-refractivity contribution in [2.24, 2.45) is 0 Å². The van der Waals surface area contributed by atoms with E-state index in [1.165, 1.54) is 0 Å². The average molecular weight is 335 g/mol. The van der Waals surface area contributed by atoms with Gasteiger partial charge in [-0.25, -0.2) is 0 Å². The molecule has 1 atom stereocenters. The SMILES string of the molecule is Cc1ccccc1-c1noc(CN2C(=O)[C@H](C)Oc3ccccc32)n1. The third kappa shape index (κ3) is 2.76. The minimum atomic E-state index is -0.548. The Bertz CT molecular complexity index is 935. The van der Waals surface area contributed by atoms with Gasteiger partial charge in [-0.05, 0) is 31.5 Å². The largest absolute Gasteiger partial charge is 0.479 e. The molecule has 126 valence electrons. The van der Waals surface area contributed by atoms with Crippen molar-refractivity contribution in [3.05, 3.63) is 60.0 Å². The summed E-state index contributed by atoms with van der Waals surface area (Å²) in [5.41, 5.74) is 2.69. The molecule has 0 aliphatic carbocycles. The number of fused-ring (bicyclic) bond motifs is 1. The molecular formula is C19H17N3O3. The number of rotatable bonds is 3. The van der Waals surface area contributed by atoms with Crippen LogP contribution in [0.3, 0.4) is 0 Å². The van der Waals surface area contributed by atoms with Crippen LogP contribution in [0.25, 0.3) is 11.4 Å². The van der Waals surface area contributed by atoms with Gasteiger partial charge in [-0.1, -0.05) is 41.6 Å². The molecule has 1 aromatic heterocycles. The smallest absolute Gasteiger partial charge is 0.268 e. The van der Waals surface area contributed by atoms with Crippen LogP contribution >= 0.6 is 0 Å². The maximum Gasteiger partial charge on any atom is 0.268 e. The summed E-state index contributed by atoms with van der Waals surface area (Å²) in [6.07, 6.45) is -0.548. The van der Waals surface area contributed by atoms with Crippen LogP contribution in [-0.2, 0) is 11.3 Å². The van der Waals surface area contributed by atoms with Gasteiger partial charge in [0.25, 0.3) is 5.91 Å². The maximum atomic E-state index is 12.5. The Morgan fingerprint density at radius 2 is 1.88 bits per heavy atom. The molecule has 0 bridgehead atoms. The first-order valence-corrected chi connectivity index (χ1v) is 8.09. The van der Waals surface area contributed by atoms with Gasteiger partial charge in [-0.15, -0.1) is 0 Å². The van der Waals surface area contributed by atoms with Gasteiger partial charge in [0.1, 0.15) is 12.3 Å². The fraction of sp³-hybridized carbons (Fsp3) is 0.211. The lowest BCUT2D eigenvalue weighted by atomic mass is 10.1. The lowest BCUT2D eigenvalue weighted by molar-refractivity contribution is -0.125. The van der Waals surface area contributed by atoms with Gasteiger partial charge in [0.2, 0.25) is 11.7 Å². The molecule has 0 spiro atoms. The number of aryl methyl sites for hydroxylation is 1. The Morgan fingerprint density at radius 1 is 1.12 bits per heavy atom. The standard InChI is InChI=1S/C19H17N3O3/c1-12-7-3-4-8-14(12)18-20-17(25-21-18)11-22-15-9-5-6-10-16(15)24-13(2)19(22)23/h3-10,13H,11H2,1-2H3/t13-/m0/s1. The number of anilines is 1. The number of aromatic nitrogens is 2. The zero-order valence-electron chi connectivity index (χ0n) is 14.0. The van der Waals surface area contributed by atoms with Crippen molar-refractivity contribution < 1.29 is 14.1 Å². The zero-order chi connectivity index (χ0) is 17.4. The second kappa shape index (κ2) is 6.05. The number of carbonyl (C=O) groups is 1. The molecule has 0 fully saturated rings. The first-order valence-electron chi connectivity index (χ1n) is 8.09. The third-order valence-corrected chi connectivity index (χ3v) is 4.22. The van der Waals surface area contributed by atoms with Crippen LogP contribution in [0.2, 0.25) is 0 Å². The van der Waals surface area contributed by atoms with Gasteiger partial charge < -0.3 is 9.26 Å². The predicted molar refractivity (Wildman–Crippen MR) is 92.2 cm³/mol. The van der Waals surface area contributed by atoms with E-state index in [1.54, 1.807) is 11.8 Å². The van der Waals surface area contributed by atoms with Crippen molar-refractivity contribution in [3.8, 4) is 17.1 Å². The summed E-state index contributed by atoms with van der Waals surface area (Å²) in [6, 6.07) is 15.3. The van der Waals surface area contributed by atoms with E-state index in [1.807, 2.05) is 55.5 Å². The van der Waals surface area contributed by atoms with Gasteiger partial charge in [0.05, 0.1) is 5.69 Å². The maximum absolute atomic E-state index is 12.5. The second-order valence-corrected chi connectivity index (χ2v) is 5.98. The molecule has 6 nitrogen and oxygen atoms in total. The Morgan fingerprint density at radius 3 is 2.72 bits per heavy atom. The molecule has 0 radical (unpaired) electrons. The molecule has 1 aliphatic rings. The fourth-order valence-corrected chi connectivity index (χ4v) is 2.91. The average Bonchev–Trinajstić information content (AvgIpc) is 3.08. The highest BCUT2D eigenvalue weighted by atomic mass is 16.5. The Balaban J connectivity index is 1.65. The summed E-state index contributed by atoms with van der Waals surface area (Å²) in [7, 11) is 0. The van der Waals surface area contributed by atoms with Gasteiger partial charge >= 0.3 is 0 Å². The van der Waals surface area contributed by atoms with E-state index in [4.69, 9.17) is 9.26 Å². The predicted octanol–water partition coefficient (Wildman–Crippen LogP) is 3.36. The molecule has 1 aliphatic heterocycles. The van der Waals surface area contributed by atoms with Gasteiger partial charge in [-0.3, -0.25) is 9.69 Å². The molecule has 3 aromatic rings. The van der Waals surface area contributed by atoms with Crippen LogP contribution in [0.15, 0.2) is 53.1 Å². The third-order valence-electron chi connectivity index (χ3n) is 4.22. The molecule has 0 N–H and O–H groups in total. The minimum Gasteiger partial charge on any atom is -0.479 e. The minimum absolute atomic E-state index is 0.130. The Labute approximate surface area is 145 Å². The van der Waals surface area contributed by atoms with Crippen molar-refractivity contribution >= 4 is 11.6 Å². The molecule has 0 unspecified atom stereocenters. The van der Waals surface area contributed by atoms with E-state index in [9.17, 15) is 4.79 Å². The molecule has 2 heterocycles. The van der Waals surface area contributed by atoms with E-state index < -0.39 is 6.10 Å². The summed E-state index contributed by atoms with van der Waals surface area (Å²) in [5, 5.41) is 4.06. The van der Waals surface area contributed by atoms with Crippen LogP contribution in [0.5, 0.6) is 5.75 Å². The molecule has 0 saturated heterocycles. The highest BCUT2D eigenvalue weighted by molar-refractivity contribution is 5.99. The summed E-state index contributed by atoms with van der Waals surface area (Å²) >= 11 is 0. The lowest BCUT2D eigenvalue weighted by Crippen LogP contribution is -2.44. The Hall–Kier alpha value is -3.15. The number of benzene rings is 2. The van der Waals surface area contributed by atoms with Gasteiger partial charge in [0, 0.05) is 5.56 Å². The van der Waals surface area contributed by atoms with Gasteiger partial charge in [-0.2, -0.15) is 4.98 Å². The monoisotopic (exact) mass is 335 g/mol.